The van der Waals surface area contributed by atoms with Crippen LogP contribution in [0.1, 0.15) is 0 Å². The van der Waals surface area contributed by atoms with Crippen LogP contribution < -0.4 is 0 Å². The Bertz CT molecular complexity index is 150. The normalized spacial score (nSPS) is 49.2. The molecule has 0 aromatic heterocycles. The standard InChI is InChI=1S/C6H12O5S/c7-1-2-3(8)4(9)5(10)6(12)11-2/h2-10,12H,1H2/t2-,3?,4+,5-,6-/m1/s1. The number of ether oxygens (including phenoxy) is 1. The highest BCUT2D eigenvalue weighted by atomic mass is 32.1. The fourth-order valence-corrected chi connectivity index (χ4v) is 1.41. The van der Waals surface area contributed by atoms with Gasteiger partial charge in [0.15, 0.2) is 0 Å². The lowest BCUT2D eigenvalue weighted by Gasteiger charge is -2.37. The van der Waals surface area contributed by atoms with Crippen molar-refractivity contribution in [3.05, 3.63) is 0 Å². The first kappa shape index (κ1) is 10.2. The number of aliphatic hydroxyl groups is 4. The van der Waals surface area contributed by atoms with Gasteiger partial charge in [-0.05, 0) is 0 Å². The quantitative estimate of drug-likeness (QED) is 0.305. The molecule has 4 N–H and O–H groups in total. The van der Waals surface area contributed by atoms with Crippen molar-refractivity contribution in [1.29, 1.82) is 0 Å². The van der Waals surface area contributed by atoms with Crippen LogP contribution in [0.5, 0.6) is 0 Å². The number of aliphatic hydroxyl groups excluding tert-OH is 4. The molecule has 0 amide bonds. The van der Waals surface area contributed by atoms with Gasteiger partial charge in [-0.25, -0.2) is 0 Å². The highest BCUT2D eigenvalue weighted by Crippen LogP contribution is 2.22. The second kappa shape index (κ2) is 3.91. The molecule has 0 bridgehead atoms. The molecule has 0 aromatic rings. The molecule has 1 saturated heterocycles. The smallest absolute Gasteiger partial charge is 0.129 e. The Balaban J connectivity index is 2.63. The Morgan fingerprint density at radius 1 is 1.08 bits per heavy atom. The van der Waals surface area contributed by atoms with Crippen LogP contribution in [0.2, 0.25) is 0 Å². The highest BCUT2D eigenvalue weighted by molar-refractivity contribution is 7.80. The molecule has 0 spiro atoms. The molecular formula is C6H12O5S. The summed E-state index contributed by atoms with van der Waals surface area (Å²) in [7, 11) is 0. The monoisotopic (exact) mass is 196 g/mol. The number of hydrogen-bond donors (Lipinski definition) is 5. The largest absolute Gasteiger partial charge is 0.394 e. The lowest BCUT2D eigenvalue weighted by atomic mass is 10.0. The zero-order chi connectivity index (χ0) is 9.30. The summed E-state index contributed by atoms with van der Waals surface area (Å²) in [5.41, 5.74) is -0.874. The van der Waals surface area contributed by atoms with E-state index in [0.29, 0.717) is 0 Å². The van der Waals surface area contributed by atoms with Crippen LogP contribution in [0.15, 0.2) is 0 Å². The Hall–Kier alpha value is 0.150. The van der Waals surface area contributed by atoms with Gasteiger partial charge in [0.2, 0.25) is 0 Å². The van der Waals surface area contributed by atoms with Crippen molar-refractivity contribution >= 4 is 12.6 Å². The maximum absolute atomic E-state index is 9.20. The lowest BCUT2D eigenvalue weighted by Crippen LogP contribution is -2.56. The second-order valence-corrected chi connectivity index (χ2v) is 3.23. The van der Waals surface area contributed by atoms with Gasteiger partial charge >= 0.3 is 0 Å². The third-order valence-electron chi connectivity index (χ3n) is 1.87. The van der Waals surface area contributed by atoms with Crippen molar-refractivity contribution in [3.8, 4) is 0 Å². The molecule has 0 saturated carbocycles. The first-order valence-corrected chi connectivity index (χ1v) is 4.08. The summed E-state index contributed by atoms with van der Waals surface area (Å²) in [6, 6.07) is 0. The van der Waals surface area contributed by atoms with E-state index in [1.165, 1.54) is 0 Å². The Morgan fingerprint density at radius 3 is 2.17 bits per heavy atom. The first-order valence-electron chi connectivity index (χ1n) is 3.56. The molecule has 12 heavy (non-hydrogen) atoms. The van der Waals surface area contributed by atoms with Crippen molar-refractivity contribution in [2.45, 2.75) is 29.9 Å². The van der Waals surface area contributed by atoms with E-state index in [1.54, 1.807) is 0 Å². The maximum atomic E-state index is 9.20. The molecule has 1 heterocycles. The van der Waals surface area contributed by atoms with Gasteiger partial charge in [-0.15, -0.1) is 12.6 Å². The van der Waals surface area contributed by atoms with Crippen LogP contribution in [-0.4, -0.2) is 56.9 Å². The summed E-state index contributed by atoms with van der Waals surface area (Å²) >= 11 is 3.81. The molecule has 0 aliphatic carbocycles. The number of thiol groups is 1. The summed E-state index contributed by atoms with van der Waals surface area (Å²) in [5, 5.41) is 36.2. The van der Waals surface area contributed by atoms with Gasteiger partial charge in [0, 0.05) is 0 Å². The number of rotatable bonds is 1. The summed E-state index contributed by atoms with van der Waals surface area (Å²) in [4.78, 5) is 0. The lowest BCUT2D eigenvalue weighted by molar-refractivity contribution is -0.205. The molecule has 1 rings (SSSR count). The predicted molar refractivity (Wildman–Crippen MR) is 42.8 cm³/mol. The molecule has 1 aliphatic rings. The second-order valence-electron chi connectivity index (χ2n) is 2.72. The SMILES string of the molecule is OC[C@H]1O[C@H](S)[C@H](O)[C@@H](O)C1O. The minimum absolute atomic E-state index is 0.415. The molecule has 5 atom stereocenters. The molecular weight excluding hydrogens is 184 g/mol. The minimum Gasteiger partial charge on any atom is -0.394 e. The highest BCUT2D eigenvalue weighted by Gasteiger charge is 2.41. The maximum Gasteiger partial charge on any atom is 0.129 e. The topological polar surface area (TPSA) is 90.2 Å². The van der Waals surface area contributed by atoms with E-state index in [9.17, 15) is 10.2 Å². The summed E-state index contributed by atoms with van der Waals surface area (Å²) < 4.78 is 4.88. The zero-order valence-corrected chi connectivity index (χ0v) is 7.13. The van der Waals surface area contributed by atoms with Crippen molar-refractivity contribution in [2.24, 2.45) is 0 Å². The molecule has 1 unspecified atom stereocenters. The Kier molecular flexibility index (Phi) is 3.33. The van der Waals surface area contributed by atoms with Crippen LogP contribution in [0.4, 0.5) is 0 Å². The fraction of sp³-hybridized carbons (Fsp3) is 1.00. The third-order valence-corrected chi connectivity index (χ3v) is 2.29. The molecule has 1 aliphatic heterocycles. The van der Waals surface area contributed by atoms with Crippen LogP contribution >= 0.6 is 12.6 Å². The van der Waals surface area contributed by atoms with E-state index >= 15 is 0 Å². The summed E-state index contributed by atoms with van der Waals surface area (Å²) in [6.45, 7) is -0.415. The molecule has 5 nitrogen and oxygen atoms in total. The average molecular weight is 196 g/mol. The average Bonchev–Trinajstić information content (AvgIpc) is 2.08. The molecule has 1 fully saturated rings. The van der Waals surface area contributed by atoms with Crippen LogP contribution in [-0.2, 0) is 4.74 Å². The van der Waals surface area contributed by atoms with E-state index < -0.39 is 36.5 Å². The van der Waals surface area contributed by atoms with Gasteiger partial charge in [0.25, 0.3) is 0 Å². The summed E-state index contributed by atoms with van der Waals surface area (Å²) in [5.74, 6) is 0. The van der Waals surface area contributed by atoms with Gasteiger partial charge in [-0.2, -0.15) is 0 Å². The van der Waals surface area contributed by atoms with Crippen molar-refractivity contribution in [1.82, 2.24) is 0 Å². The van der Waals surface area contributed by atoms with E-state index in [1.807, 2.05) is 0 Å². The van der Waals surface area contributed by atoms with E-state index in [-0.39, 0.29) is 0 Å². The van der Waals surface area contributed by atoms with E-state index in [4.69, 9.17) is 14.9 Å². The van der Waals surface area contributed by atoms with Gasteiger partial charge < -0.3 is 25.2 Å². The summed E-state index contributed by atoms with van der Waals surface area (Å²) in [6.07, 6.45) is -4.70. The third kappa shape index (κ3) is 1.73. The van der Waals surface area contributed by atoms with Crippen molar-refractivity contribution < 1.29 is 25.2 Å². The van der Waals surface area contributed by atoms with Gasteiger partial charge in [0.1, 0.15) is 29.9 Å². The number of hydrogen-bond acceptors (Lipinski definition) is 6. The van der Waals surface area contributed by atoms with Crippen molar-refractivity contribution in [2.75, 3.05) is 6.61 Å². The zero-order valence-electron chi connectivity index (χ0n) is 6.24. The first-order chi connectivity index (χ1) is 5.57. The predicted octanol–water partition coefficient (Wildman–Crippen LogP) is -2.28. The van der Waals surface area contributed by atoms with Crippen molar-refractivity contribution in [3.63, 3.8) is 0 Å². The van der Waals surface area contributed by atoms with Crippen LogP contribution in [0, 0.1) is 0 Å². The fourth-order valence-electron chi connectivity index (χ4n) is 1.08. The Morgan fingerprint density at radius 2 is 1.67 bits per heavy atom. The van der Waals surface area contributed by atoms with Gasteiger partial charge in [-0.3, -0.25) is 0 Å². The molecule has 0 radical (unpaired) electrons. The molecule has 72 valence electrons. The van der Waals surface area contributed by atoms with Crippen LogP contribution in [0.3, 0.4) is 0 Å². The Labute approximate surface area is 75.0 Å². The molecule has 0 aromatic carbocycles. The minimum atomic E-state index is -1.32. The van der Waals surface area contributed by atoms with Gasteiger partial charge in [0.05, 0.1) is 6.61 Å². The van der Waals surface area contributed by atoms with E-state index in [0.717, 1.165) is 0 Å². The van der Waals surface area contributed by atoms with Crippen LogP contribution in [0.25, 0.3) is 0 Å². The van der Waals surface area contributed by atoms with E-state index in [2.05, 4.69) is 12.6 Å². The molecule has 6 heteroatoms. The van der Waals surface area contributed by atoms with Gasteiger partial charge in [-0.1, -0.05) is 0 Å².